The lowest BCUT2D eigenvalue weighted by Crippen LogP contribution is -2.50. The minimum Gasteiger partial charge on any atom is -0.352 e. The maximum absolute atomic E-state index is 13.1. The first kappa shape index (κ1) is 17.5. The van der Waals surface area contributed by atoms with Gasteiger partial charge in [0.2, 0.25) is 5.91 Å². The van der Waals surface area contributed by atoms with Crippen molar-refractivity contribution in [1.82, 2.24) is 14.9 Å². The molecular weight excluding hydrogens is 345 g/mol. The molecule has 1 amide bonds. The van der Waals surface area contributed by atoms with E-state index >= 15 is 0 Å². The van der Waals surface area contributed by atoms with Crippen LogP contribution in [0, 0.1) is 5.82 Å². The Morgan fingerprint density at radius 1 is 1.00 bits per heavy atom. The van der Waals surface area contributed by atoms with Crippen LogP contribution in [0.4, 0.5) is 16.0 Å². The molecule has 1 aromatic heterocycles. The van der Waals surface area contributed by atoms with Crippen LogP contribution in [0.15, 0.2) is 49.3 Å². The highest BCUT2D eigenvalue weighted by Gasteiger charge is 2.32. The number of hydrogen-bond acceptors (Lipinski definition) is 5. The van der Waals surface area contributed by atoms with E-state index < -0.39 is 0 Å². The number of carbonyl (C=O) groups excluding carboxylic acids is 1. The molecule has 27 heavy (non-hydrogen) atoms. The second kappa shape index (κ2) is 7.34. The summed E-state index contributed by atoms with van der Waals surface area (Å²) in [6, 6.07) is 6.72. The lowest BCUT2D eigenvalue weighted by molar-refractivity contribution is -0.126. The minimum atomic E-state index is -0.208. The van der Waals surface area contributed by atoms with Crippen LogP contribution >= 0.6 is 0 Å². The zero-order valence-electron chi connectivity index (χ0n) is 15.1. The second-order valence-corrected chi connectivity index (χ2v) is 6.87. The highest BCUT2D eigenvalue weighted by molar-refractivity contribution is 5.87. The molecule has 7 heteroatoms. The van der Waals surface area contributed by atoms with E-state index in [1.165, 1.54) is 18.2 Å². The summed E-state index contributed by atoms with van der Waals surface area (Å²) in [7, 11) is 0. The van der Waals surface area contributed by atoms with Crippen LogP contribution < -0.4 is 9.80 Å². The van der Waals surface area contributed by atoms with Crippen molar-refractivity contribution in [3.05, 3.63) is 60.7 Å². The van der Waals surface area contributed by atoms with Crippen molar-refractivity contribution in [2.75, 3.05) is 49.1 Å². The molecule has 0 spiro atoms. The molecule has 1 aromatic carbocycles. The zero-order valence-corrected chi connectivity index (χ0v) is 15.1. The van der Waals surface area contributed by atoms with Gasteiger partial charge in [0.15, 0.2) is 11.6 Å². The predicted octanol–water partition coefficient (Wildman–Crippen LogP) is 2.05. The van der Waals surface area contributed by atoms with Gasteiger partial charge in [-0.3, -0.25) is 4.79 Å². The molecule has 2 saturated heterocycles. The fraction of sp³-hybridized carbons (Fsp3) is 0.350. The molecule has 6 nitrogen and oxygen atoms in total. The van der Waals surface area contributed by atoms with Gasteiger partial charge in [0.1, 0.15) is 5.82 Å². The molecule has 0 atom stereocenters. The summed E-state index contributed by atoms with van der Waals surface area (Å²) in [4.78, 5) is 27.1. The van der Waals surface area contributed by atoms with Crippen LogP contribution in [0.25, 0.3) is 0 Å². The summed E-state index contributed by atoms with van der Waals surface area (Å²) in [5.74, 6) is 1.88. The summed E-state index contributed by atoms with van der Waals surface area (Å²) in [5.41, 5.74) is 1.15. The third-order valence-corrected chi connectivity index (χ3v) is 5.25. The first-order valence-electron chi connectivity index (χ1n) is 9.13. The van der Waals surface area contributed by atoms with Crippen LogP contribution in [-0.4, -0.2) is 60.0 Å². The molecule has 2 aliphatic rings. The second-order valence-electron chi connectivity index (χ2n) is 6.87. The number of benzene rings is 1. The third-order valence-electron chi connectivity index (χ3n) is 5.25. The Balaban J connectivity index is 1.43. The van der Waals surface area contributed by atoms with Crippen molar-refractivity contribution in [2.24, 2.45) is 0 Å². The van der Waals surface area contributed by atoms with E-state index in [4.69, 9.17) is 0 Å². The van der Waals surface area contributed by atoms with Crippen molar-refractivity contribution in [3.8, 4) is 0 Å². The Kier molecular flexibility index (Phi) is 4.75. The van der Waals surface area contributed by atoms with Crippen LogP contribution in [0.3, 0.4) is 0 Å². The highest BCUT2D eigenvalue weighted by Crippen LogP contribution is 2.35. The van der Waals surface area contributed by atoms with Crippen molar-refractivity contribution >= 4 is 17.5 Å². The summed E-state index contributed by atoms with van der Waals surface area (Å²) in [6.07, 6.45) is 4.78. The molecule has 4 rings (SSSR count). The fourth-order valence-electron chi connectivity index (χ4n) is 3.63. The number of anilines is 2. The van der Waals surface area contributed by atoms with Gasteiger partial charge in [-0.25, -0.2) is 14.4 Å². The first-order chi connectivity index (χ1) is 13.2. The molecule has 2 aliphatic heterocycles. The van der Waals surface area contributed by atoms with Crippen LogP contribution in [0.1, 0.15) is 11.5 Å². The normalized spacial score (nSPS) is 17.6. The average Bonchev–Trinajstić information content (AvgIpc) is 2.68. The average molecular weight is 367 g/mol. The van der Waals surface area contributed by atoms with Crippen LogP contribution in [0.2, 0.25) is 0 Å². The zero-order chi connectivity index (χ0) is 18.8. The molecule has 3 heterocycles. The number of aromatic nitrogens is 2. The lowest BCUT2D eigenvalue weighted by Gasteiger charge is -2.43. The molecule has 0 bridgehead atoms. The van der Waals surface area contributed by atoms with Crippen LogP contribution in [0.5, 0.6) is 0 Å². The fourth-order valence-corrected chi connectivity index (χ4v) is 3.63. The van der Waals surface area contributed by atoms with E-state index in [0.29, 0.717) is 19.0 Å². The number of amides is 1. The number of nitrogens with zero attached hydrogens (tertiary/aromatic N) is 5. The molecule has 0 N–H and O–H groups in total. The number of piperazine rings is 1. The monoisotopic (exact) mass is 367 g/mol. The maximum atomic E-state index is 13.1. The van der Waals surface area contributed by atoms with Gasteiger partial charge < -0.3 is 14.7 Å². The minimum absolute atomic E-state index is 0.0288. The summed E-state index contributed by atoms with van der Waals surface area (Å²) in [6.45, 7) is 7.98. The molecule has 0 unspecified atom stereocenters. The van der Waals surface area contributed by atoms with E-state index in [-0.39, 0.29) is 11.7 Å². The van der Waals surface area contributed by atoms with Crippen LogP contribution in [-0.2, 0) is 4.79 Å². The standard InChI is InChI=1S/C20H22FN5O/c1-2-18(27)24-9-11-25(12-10-24)19-20(23-8-7-22-19)26-13-16(14-26)15-3-5-17(21)6-4-15/h2-8,16H,1,9-14H2. The molecule has 2 aromatic rings. The molecule has 0 saturated carbocycles. The van der Waals surface area contributed by atoms with Gasteiger partial charge >= 0.3 is 0 Å². The van der Waals surface area contributed by atoms with Crippen molar-refractivity contribution in [1.29, 1.82) is 0 Å². The van der Waals surface area contributed by atoms with Crippen molar-refractivity contribution < 1.29 is 9.18 Å². The van der Waals surface area contributed by atoms with Gasteiger partial charge in [-0.15, -0.1) is 0 Å². The Morgan fingerprint density at radius 2 is 1.59 bits per heavy atom. The largest absolute Gasteiger partial charge is 0.352 e. The van der Waals surface area contributed by atoms with Gasteiger partial charge in [0.25, 0.3) is 0 Å². The van der Waals surface area contributed by atoms with Gasteiger partial charge in [0.05, 0.1) is 0 Å². The van der Waals surface area contributed by atoms with Gasteiger partial charge in [-0.1, -0.05) is 18.7 Å². The SMILES string of the molecule is C=CC(=O)N1CCN(c2nccnc2N2CC(c3ccc(F)cc3)C2)CC1. The van der Waals surface area contributed by atoms with E-state index in [1.54, 1.807) is 17.3 Å². The molecular formula is C20H22FN5O. The molecule has 2 fully saturated rings. The summed E-state index contributed by atoms with van der Waals surface area (Å²) in [5, 5.41) is 0. The number of carbonyl (C=O) groups is 1. The van der Waals surface area contributed by atoms with Crippen molar-refractivity contribution in [2.45, 2.75) is 5.92 Å². The molecule has 0 radical (unpaired) electrons. The summed E-state index contributed by atoms with van der Waals surface area (Å²) >= 11 is 0. The smallest absolute Gasteiger partial charge is 0.246 e. The number of halogens is 1. The van der Waals surface area contributed by atoms with Crippen molar-refractivity contribution in [3.63, 3.8) is 0 Å². The van der Waals surface area contributed by atoms with Gasteiger partial charge in [-0.2, -0.15) is 0 Å². The van der Waals surface area contributed by atoms with E-state index in [1.807, 2.05) is 12.1 Å². The summed E-state index contributed by atoms with van der Waals surface area (Å²) < 4.78 is 13.1. The number of rotatable bonds is 4. The first-order valence-corrected chi connectivity index (χ1v) is 9.13. The van der Waals surface area contributed by atoms with E-state index in [0.717, 1.165) is 43.4 Å². The Hall–Kier alpha value is -2.96. The lowest BCUT2D eigenvalue weighted by atomic mass is 9.91. The third kappa shape index (κ3) is 3.49. The van der Waals surface area contributed by atoms with E-state index in [2.05, 4.69) is 26.3 Å². The Bertz CT molecular complexity index is 827. The van der Waals surface area contributed by atoms with Gasteiger partial charge in [0, 0.05) is 57.6 Å². The Morgan fingerprint density at radius 3 is 2.19 bits per heavy atom. The Labute approximate surface area is 157 Å². The maximum Gasteiger partial charge on any atom is 0.246 e. The molecule has 140 valence electrons. The highest BCUT2D eigenvalue weighted by atomic mass is 19.1. The predicted molar refractivity (Wildman–Crippen MR) is 102 cm³/mol. The topological polar surface area (TPSA) is 52.6 Å². The molecule has 0 aliphatic carbocycles. The van der Waals surface area contributed by atoms with Gasteiger partial charge in [-0.05, 0) is 23.8 Å². The van der Waals surface area contributed by atoms with E-state index in [9.17, 15) is 9.18 Å². The number of hydrogen-bond donors (Lipinski definition) is 0. The quantitative estimate of drug-likeness (QED) is 0.775.